The third-order valence-electron chi connectivity index (χ3n) is 8.09. The van der Waals surface area contributed by atoms with Crippen LogP contribution in [-0.2, 0) is 16.5 Å². The maximum Gasteiger partial charge on any atom is 0.416 e. The Morgan fingerprint density at radius 1 is 0.707 bits per heavy atom. The van der Waals surface area contributed by atoms with Crippen molar-refractivity contribution < 1.29 is 22.7 Å². The average molecular weight is 559 g/mol. The van der Waals surface area contributed by atoms with Gasteiger partial charge >= 0.3 is 6.18 Å². The van der Waals surface area contributed by atoms with Crippen molar-refractivity contribution in [2.45, 2.75) is 24.2 Å². The molecule has 0 saturated carbocycles. The second-order valence-electron chi connectivity index (χ2n) is 10.3. The van der Waals surface area contributed by atoms with E-state index < -0.39 is 17.3 Å². The first-order valence-corrected chi connectivity index (χ1v) is 13.7. The van der Waals surface area contributed by atoms with E-state index in [0.717, 1.165) is 40.7 Å². The molecule has 1 fully saturated rings. The van der Waals surface area contributed by atoms with Gasteiger partial charge in [-0.15, -0.1) is 0 Å². The van der Waals surface area contributed by atoms with Crippen LogP contribution in [0.2, 0.25) is 0 Å². The van der Waals surface area contributed by atoms with Gasteiger partial charge in [-0.1, -0.05) is 84.9 Å². The summed E-state index contributed by atoms with van der Waals surface area (Å²) in [5, 5.41) is 0. The fourth-order valence-electron chi connectivity index (χ4n) is 6.06. The van der Waals surface area contributed by atoms with E-state index in [9.17, 15) is 18.0 Å². The fraction of sp³-hybridized carbons (Fsp3) is 0.265. The van der Waals surface area contributed by atoms with Crippen molar-refractivity contribution in [2.24, 2.45) is 0 Å². The van der Waals surface area contributed by atoms with Crippen molar-refractivity contribution in [3.8, 4) is 5.75 Å². The second-order valence-corrected chi connectivity index (χ2v) is 10.3. The summed E-state index contributed by atoms with van der Waals surface area (Å²) in [5.41, 5.74) is 2.60. The summed E-state index contributed by atoms with van der Waals surface area (Å²) in [6.07, 6.45) is -3.09. The molecule has 0 N–H and O–H groups in total. The molecule has 0 bridgehead atoms. The summed E-state index contributed by atoms with van der Waals surface area (Å²) < 4.78 is 45.3. The largest absolute Gasteiger partial charge is 0.497 e. The van der Waals surface area contributed by atoms with Crippen LogP contribution in [0.1, 0.15) is 40.3 Å². The molecule has 0 amide bonds. The first kappa shape index (κ1) is 28.6. The minimum absolute atomic E-state index is 0.237. The summed E-state index contributed by atoms with van der Waals surface area (Å²) in [6, 6.07) is 33.2. The molecule has 7 heteroatoms. The SMILES string of the molecule is COc1ccc(C(c2ccc(C(F)(F)F)cc2)N2CCN(C(CC=O)(c3ccccc3)c3ccccc3)CC2)cc1. The molecule has 1 saturated heterocycles. The molecule has 4 nitrogen and oxygen atoms in total. The summed E-state index contributed by atoms with van der Waals surface area (Å²) in [6.45, 7) is 2.67. The van der Waals surface area contributed by atoms with Crippen LogP contribution in [0.3, 0.4) is 0 Å². The van der Waals surface area contributed by atoms with Gasteiger partial charge in [0.25, 0.3) is 0 Å². The summed E-state index contributed by atoms with van der Waals surface area (Å²) in [7, 11) is 1.60. The summed E-state index contributed by atoms with van der Waals surface area (Å²) in [4.78, 5) is 16.9. The number of rotatable bonds is 9. The van der Waals surface area contributed by atoms with E-state index >= 15 is 0 Å². The number of methoxy groups -OCH3 is 1. The molecule has 4 aromatic rings. The Balaban J connectivity index is 1.49. The Bertz CT molecular complexity index is 1360. The number of halogens is 3. The van der Waals surface area contributed by atoms with Crippen molar-refractivity contribution in [3.05, 3.63) is 137 Å². The zero-order valence-electron chi connectivity index (χ0n) is 22.9. The molecule has 0 radical (unpaired) electrons. The highest BCUT2D eigenvalue weighted by Crippen LogP contribution is 2.41. The monoisotopic (exact) mass is 558 g/mol. The maximum absolute atomic E-state index is 13.3. The molecule has 212 valence electrons. The Kier molecular flexibility index (Phi) is 8.57. The molecule has 41 heavy (non-hydrogen) atoms. The molecule has 1 heterocycles. The van der Waals surface area contributed by atoms with E-state index in [1.807, 2.05) is 60.7 Å². The van der Waals surface area contributed by atoms with Gasteiger partial charge in [0.15, 0.2) is 0 Å². The van der Waals surface area contributed by atoms with Gasteiger partial charge in [-0.2, -0.15) is 13.2 Å². The van der Waals surface area contributed by atoms with Gasteiger partial charge in [0.1, 0.15) is 12.0 Å². The van der Waals surface area contributed by atoms with Crippen LogP contribution in [-0.4, -0.2) is 49.4 Å². The quantitative estimate of drug-likeness (QED) is 0.208. The number of ether oxygens (including phenoxy) is 1. The van der Waals surface area contributed by atoms with E-state index in [-0.39, 0.29) is 6.04 Å². The minimum Gasteiger partial charge on any atom is -0.497 e. The van der Waals surface area contributed by atoms with Gasteiger partial charge in [0, 0.05) is 32.6 Å². The lowest BCUT2D eigenvalue weighted by atomic mass is 9.78. The Hall–Kier alpha value is -3.94. The van der Waals surface area contributed by atoms with E-state index in [4.69, 9.17) is 4.74 Å². The number of alkyl halides is 3. The highest BCUT2D eigenvalue weighted by Gasteiger charge is 2.42. The highest BCUT2D eigenvalue weighted by molar-refractivity contribution is 5.57. The third-order valence-corrected chi connectivity index (χ3v) is 8.09. The Labute approximate surface area is 239 Å². The van der Waals surface area contributed by atoms with Gasteiger partial charge in [-0.25, -0.2) is 0 Å². The standard InChI is InChI=1S/C34H33F3N2O2/c1-41-31-18-14-27(15-19-31)32(26-12-16-30(17-13-26)34(35,36)37)38-21-23-39(24-22-38)33(20-25-40,28-8-4-2-5-9-28)29-10-6-3-7-11-29/h2-19,25,32H,20-24H2,1H3. The number of piperazine rings is 1. The molecule has 0 aromatic heterocycles. The van der Waals surface area contributed by atoms with Gasteiger partial charge in [-0.3, -0.25) is 9.80 Å². The number of hydrogen-bond donors (Lipinski definition) is 0. The van der Waals surface area contributed by atoms with Crippen LogP contribution in [0.15, 0.2) is 109 Å². The normalized spacial score (nSPS) is 15.8. The van der Waals surface area contributed by atoms with Crippen molar-refractivity contribution in [1.82, 2.24) is 9.80 Å². The number of carbonyl (C=O) groups excluding carboxylic acids is 1. The van der Waals surface area contributed by atoms with Crippen LogP contribution in [0.4, 0.5) is 13.2 Å². The van der Waals surface area contributed by atoms with Crippen LogP contribution in [0.5, 0.6) is 5.75 Å². The lowest BCUT2D eigenvalue weighted by molar-refractivity contribution is -0.137. The molecular weight excluding hydrogens is 525 g/mol. The molecule has 1 aliphatic rings. The molecule has 5 rings (SSSR count). The first-order chi connectivity index (χ1) is 19.9. The van der Waals surface area contributed by atoms with Gasteiger partial charge in [0.05, 0.1) is 24.3 Å². The molecule has 1 aliphatic heterocycles. The first-order valence-electron chi connectivity index (χ1n) is 13.7. The predicted molar refractivity (Wildman–Crippen MR) is 154 cm³/mol. The van der Waals surface area contributed by atoms with E-state index in [0.29, 0.717) is 38.3 Å². The second kappa shape index (κ2) is 12.3. The maximum atomic E-state index is 13.3. The number of benzene rings is 4. The molecule has 4 aromatic carbocycles. The van der Waals surface area contributed by atoms with Crippen molar-refractivity contribution in [1.29, 1.82) is 0 Å². The molecule has 0 spiro atoms. The zero-order chi connectivity index (χ0) is 28.9. The van der Waals surface area contributed by atoms with E-state index in [2.05, 4.69) is 34.1 Å². The Morgan fingerprint density at radius 3 is 1.63 bits per heavy atom. The summed E-state index contributed by atoms with van der Waals surface area (Å²) >= 11 is 0. The minimum atomic E-state index is -4.39. The summed E-state index contributed by atoms with van der Waals surface area (Å²) in [5.74, 6) is 0.717. The molecule has 1 atom stereocenters. The highest BCUT2D eigenvalue weighted by atomic mass is 19.4. The van der Waals surface area contributed by atoms with Gasteiger partial charge < -0.3 is 9.53 Å². The predicted octanol–water partition coefficient (Wildman–Crippen LogP) is 6.95. The van der Waals surface area contributed by atoms with Crippen molar-refractivity contribution >= 4 is 6.29 Å². The number of aldehydes is 1. The number of hydrogen-bond acceptors (Lipinski definition) is 4. The van der Waals surface area contributed by atoms with Gasteiger partial charge in [-0.05, 0) is 46.5 Å². The Morgan fingerprint density at radius 2 is 1.20 bits per heavy atom. The number of nitrogens with zero attached hydrogens (tertiary/aromatic N) is 2. The van der Waals surface area contributed by atoms with Crippen molar-refractivity contribution in [3.63, 3.8) is 0 Å². The smallest absolute Gasteiger partial charge is 0.416 e. The van der Waals surface area contributed by atoms with Crippen LogP contribution in [0, 0.1) is 0 Å². The van der Waals surface area contributed by atoms with Crippen LogP contribution in [0.25, 0.3) is 0 Å². The number of carbonyl (C=O) groups is 1. The molecule has 1 unspecified atom stereocenters. The lowest BCUT2D eigenvalue weighted by Crippen LogP contribution is -2.56. The topological polar surface area (TPSA) is 32.8 Å². The lowest BCUT2D eigenvalue weighted by Gasteiger charge is -2.49. The van der Waals surface area contributed by atoms with Crippen LogP contribution >= 0.6 is 0 Å². The van der Waals surface area contributed by atoms with E-state index in [1.165, 1.54) is 0 Å². The van der Waals surface area contributed by atoms with Crippen LogP contribution < -0.4 is 4.74 Å². The zero-order valence-corrected chi connectivity index (χ0v) is 22.9. The molecular formula is C34H33F3N2O2. The van der Waals surface area contributed by atoms with Crippen molar-refractivity contribution in [2.75, 3.05) is 33.3 Å². The average Bonchev–Trinajstić information content (AvgIpc) is 3.01. The third kappa shape index (κ3) is 5.92. The van der Waals surface area contributed by atoms with E-state index in [1.54, 1.807) is 19.2 Å². The van der Waals surface area contributed by atoms with Gasteiger partial charge in [0.2, 0.25) is 0 Å². The fourth-order valence-corrected chi connectivity index (χ4v) is 6.06. The molecule has 0 aliphatic carbocycles.